The van der Waals surface area contributed by atoms with Gasteiger partial charge in [-0.25, -0.2) is 0 Å². The molecule has 336 valence electrons. The number of carbonyl (C=O) groups is 3. The van der Waals surface area contributed by atoms with Crippen LogP contribution in [0.2, 0.25) is 0 Å². The largest absolute Gasteiger partial charge is 0.458 e. The quantitative estimate of drug-likeness (QED) is 0.0595. The summed E-state index contributed by atoms with van der Waals surface area (Å²) in [6.45, 7) is 4.57. The number of aliphatic hydroxyl groups is 6. The number of unbranched alkanes of at least 4 members (excludes halogenated alkanes) is 4. The molecule has 2 bridgehead atoms. The first kappa shape index (κ1) is 46.4. The highest BCUT2D eigenvalue weighted by Crippen LogP contribution is 2.58. The minimum absolute atomic E-state index is 0.0168. The number of rotatable bonds is 21. The summed E-state index contributed by atoms with van der Waals surface area (Å²) in [6.07, 6.45) is -1.47. The number of hydrogen-bond donors (Lipinski definition) is 8. The minimum Gasteiger partial charge on any atom is -0.458 e. The number of hydrogen-bond acceptors (Lipinski definition) is 16. The number of nitrogens with one attached hydrogen (secondary N) is 2. The average Bonchev–Trinajstić information content (AvgIpc) is 3.79. The van der Waals surface area contributed by atoms with E-state index in [0.717, 1.165) is 44.1 Å². The summed E-state index contributed by atoms with van der Waals surface area (Å²) >= 11 is 0. The van der Waals surface area contributed by atoms with Crippen molar-refractivity contribution >= 4 is 23.9 Å². The summed E-state index contributed by atoms with van der Waals surface area (Å²) in [5.41, 5.74) is -0.183. The highest BCUT2D eigenvalue weighted by molar-refractivity contribution is 5.96. The predicted molar refractivity (Wildman–Crippen MR) is 211 cm³/mol. The van der Waals surface area contributed by atoms with Crippen molar-refractivity contribution in [2.24, 2.45) is 5.41 Å². The third-order valence-electron chi connectivity index (χ3n) is 12.3. The van der Waals surface area contributed by atoms with Crippen LogP contribution < -0.4 is 10.6 Å². The molecule has 18 nitrogen and oxygen atoms in total. The van der Waals surface area contributed by atoms with Gasteiger partial charge in [-0.1, -0.05) is 75.9 Å². The summed E-state index contributed by atoms with van der Waals surface area (Å²) < 4.78 is 30.9. The van der Waals surface area contributed by atoms with Gasteiger partial charge in [0.15, 0.2) is 18.1 Å². The molecule has 4 aliphatic heterocycles. The van der Waals surface area contributed by atoms with Gasteiger partial charge in [-0.2, -0.15) is 5.06 Å². The van der Waals surface area contributed by atoms with E-state index < -0.39 is 109 Å². The number of hydroxylamine groups is 2. The zero-order chi connectivity index (χ0) is 43.2. The van der Waals surface area contributed by atoms with Gasteiger partial charge in [-0.05, 0) is 30.9 Å². The smallest absolute Gasteiger partial charge is 0.327 e. The highest BCUT2D eigenvalue weighted by Gasteiger charge is 2.76. The second-order valence-electron chi connectivity index (χ2n) is 16.6. The molecule has 5 aliphatic rings. The number of benzene rings is 1. The molecule has 0 unspecified atom stereocenters. The van der Waals surface area contributed by atoms with Gasteiger partial charge in [0.1, 0.15) is 60.3 Å². The maximum Gasteiger partial charge on any atom is 0.327 e. The van der Waals surface area contributed by atoms with Crippen molar-refractivity contribution in [2.45, 2.75) is 164 Å². The summed E-state index contributed by atoms with van der Waals surface area (Å²) in [5, 5.41) is 66.5. The van der Waals surface area contributed by atoms with Crippen molar-refractivity contribution in [3.8, 4) is 0 Å². The molecule has 8 N–H and O–H groups in total. The lowest BCUT2D eigenvalue weighted by Crippen LogP contribution is -2.71. The van der Waals surface area contributed by atoms with Gasteiger partial charge in [0, 0.05) is 25.8 Å². The van der Waals surface area contributed by atoms with Crippen LogP contribution in [0.3, 0.4) is 0 Å². The lowest BCUT2D eigenvalue weighted by Gasteiger charge is -2.49. The van der Waals surface area contributed by atoms with Gasteiger partial charge in [-0.15, -0.1) is 0 Å². The Morgan fingerprint density at radius 2 is 1.73 bits per heavy atom. The number of nitrogens with zero attached hydrogens (tertiary/aromatic N) is 1. The Labute approximate surface area is 350 Å². The van der Waals surface area contributed by atoms with Crippen LogP contribution in [0.15, 0.2) is 30.3 Å². The van der Waals surface area contributed by atoms with Gasteiger partial charge in [-0.3, -0.25) is 19.2 Å². The molecule has 0 spiro atoms. The first-order valence-corrected chi connectivity index (χ1v) is 21.4. The Balaban J connectivity index is 1.26. The summed E-state index contributed by atoms with van der Waals surface area (Å²) in [7, 11) is 0. The fourth-order valence-electron chi connectivity index (χ4n) is 9.18. The Hall–Kier alpha value is -3.11. The molecule has 4 heterocycles. The third-order valence-corrected chi connectivity index (χ3v) is 12.3. The molecule has 13 atom stereocenters. The van der Waals surface area contributed by atoms with E-state index in [2.05, 4.69) is 24.5 Å². The van der Waals surface area contributed by atoms with Crippen molar-refractivity contribution in [3.63, 3.8) is 0 Å². The standard InChI is InChI=1S/C42H63N3O15/c1-4-6-8-15-41(16-9-7-5-2)58-33-27-21-42(40(54)44-29(24(3)48)37(52)43-17-18-46)35(38(53)56-27)45(60-36(42)34(33)59-41)22-26-13-10-12-25(20-26)14-11-19-55-39-32(51)31(50)30(49)28(23-47)57-39/h10-14,20,24,27-36,39,46-51H,4-9,15-19,21-23H2,1-3H3,(H,43,52)(H,44,54)/t24-,27+,28+,29+,30-,31-,32+,33-,34-,35+,36+,39-,42+/m0/s1. The first-order valence-electron chi connectivity index (χ1n) is 21.4. The van der Waals surface area contributed by atoms with Crippen molar-refractivity contribution in [3.05, 3.63) is 41.5 Å². The van der Waals surface area contributed by atoms with Gasteiger partial charge in [0.05, 0.1) is 32.5 Å². The molecule has 1 saturated carbocycles. The number of fused-ring (bicyclic) bond motifs is 4. The second-order valence-corrected chi connectivity index (χ2v) is 16.6. The summed E-state index contributed by atoms with van der Waals surface area (Å²) in [4.78, 5) is 48.9. The molecule has 18 heteroatoms. The Morgan fingerprint density at radius 1 is 1.02 bits per heavy atom. The molecule has 1 aliphatic carbocycles. The molecule has 1 aromatic carbocycles. The van der Waals surface area contributed by atoms with Crippen LogP contribution in [-0.2, 0) is 49.5 Å². The minimum atomic E-state index is -1.61. The number of esters is 1. The van der Waals surface area contributed by atoms with Crippen molar-refractivity contribution in [2.75, 3.05) is 26.4 Å². The number of ether oxygens (including phenoxy) is 5. The van der Waals surface area contributed by atoms with Crippen molar-refractivity contribution < 1.29 is 73.5 Å². The van der Waals surface area contributed by atoms with Crippen LogP contribution in [-0.4, -0.2) is 159 Å². The SMILES string of the molecule is CCCCCC1(CCCCC)O[C@@H]2[C@H](O1)[C@H]1ON(Cc3cccc(C=CCO[C@H]4O[C@H](CO)[C@H](O)[C@H](O)[C@H]4O)c3)[C@@H]3C(=O)O[C@@H]2C[C@]13C(=O)N[C@@H](C(=O)NCCO)[C@H](C)O. The Kier molecular flexibility index (Phi) is 15.8. The maximum atomic E-state index is 14.9. The number of carbonyl (C=O) groups excluding carboxylic acids is 3. The summed E-state index contributed by atoms with van der Waals surface area (Å²) in [5.74, 6) is -3.06. The van der Waals surface area contributed by atoms with Crippen LogP contribution >= 0.6 is 0 Å². The van der Waals surface area contributed by atoms with Gasteiger partial charge in [0.2, 0.25) is 11.8 Å². The molecular formula is C42H63N3O15. The normalized spacial score (nSPS) is 34.2. The topological polar surface area (TPSA) is 255 Å². The molecular weight excluding hydrogens is 786 g/mol. The predicted octanol–water partition coefficient (Wildman–Crippen LogP) is -0.0688. The zero-order valence-electron chi connectivity index (χ0n) is 34.6. The van der Waals surface area contributed by atoms with Crippen molar-refractivity contribution in [1.29, 1.82) is 0 Å². The zero-order valence-corrected chi connectivity index (χ0v) is 34.6. The van der Waals surface area contributed by atoms with Crippen LogP contribution in [0.1, 0.15) is 89.7 Å². The average molecular weight is 850 g/mol. The molecule has 0 aromatic heterocycles. The van der Waals surface area contributed by atoms with Gasteiger partial charge >= 0.3 is 5.97 Å². The molecule has 1 aromatic rings. The molecule has 60 heavy (non-hydrogen) atoms. The highest BCUT2D eigenvalue weighted by atomic mass is 16.8. The Morgan fingerprint density at radius 3 is 2.40 bits per heavy atom. The fraction of sp³-hybridized carbons (Fsp3) is 0.738. The fourth-order valence-corrected chi connectivity index (χ4v) is 9.18. The maximum absolute atomic E-state index is 14.9. The van der Waals surface area contributed by atoms with Crippen molar-refractivity contribution in [1.82, 2.24) is 15.7 Å². The van der Waals surface area contributed by atoms with E-state index >= 15 is 0 Å². The van der Waals surface area contributed by atoms with E-state index in [0.29, 0.717) is 18.4 Å². The third kappa shape index (κ3) is 9.60. The molecule has 2 amide bonds. The monoisotopic (exact) mass is 849 g/mol. The van der Waals surface area contributed by atoms with E-state index in [4.69, 9.17) is 28.5 Å². The molecule has 6 rings (SSSR count). The van der Waals surface area contributed by atoms with Gasteiger partial charge in [0.25, 0.3) is 0 Å². The lowest BCUT2D eigenvalue weighted by molar-refractivity contribution is -0.298. The summed E-state index contributed by atoms with van der Waals surface area (Å²) in [6, 6.07) is 4.64. The molecule has 0 radical (unpaired) electrons. The van der Waals surface area contributed by atoms with Crippen LogP contribution in [0.5, 0.6) is 0 Å². The Bertz CT molecular complexity index is 1640. The number of aliphatic hydroxyl groups excluding tert-OH is 6. The van der Waals surface area contributed by atoms with E-state index in [1.165, 1.54) is 12.0 Å². The van der Waals surface area contributed by atoms with Crippen LogP contribution in [0, 0.1) is 5.41 Å². The van der Waals surface area contributed by atoms with Crippen LogP contribution in [0.25, 0.3) is 6.08 Å². The van der Waals surface area contributed by atoms with Crippen LogP contribution in [0.4, 0.5) is 0 Å². The second kappa shape index (κ2) is 20.4. The first-order chi connectivity index (χ1) is 28.8. The van der Waals surface area contributed by atoms with E-state index in [-0.39, 0.29) is 32.7 Å². The van der Waals surface area contributed by atoms with E-state index in [9.17, 15) is 45.0 Å². The molecule has 4 saturated heterocycles. The van der Waals surface area contributed by atoms with Gasteiger partial charge < -0.3 is 65.0 Å². The number of amides is 2. The van der Waals surface area contributed by atoms with E-state index in [1.807, 2.05) is 18.2 Å². The van der Waals surface area contributed by atoms with E-state index in [1.54, 1.807) is 18.2 Å². The molecule has 5 fully saturated rings. The lowest BCUT2D eigenvalue weighted by atomic mass is 9.62.